The minimum absolute atomic E-state index is 0.0462. The third kappa shape index (κ3) is 12.8. The lowest BCUT2D eigenvalue weighted by Crippen LogP contribution is -2.29. The Hall–Kier alpha value is -2.00. The largest absolute Gasteiger partial charge is 0.395 e. The number of carbonyl (C=O) groups excluding carboxylic acids is 1. The van der Waals surface area contributed by atoms with Gasteiger partial charge in [-0.3, -0.25) is 9.79 Å². The molecule has 36 heavy (non-hydrogen) atoms. The Morgan fingerprint density at radius 3 is 2.61 bits per heavy atom. The zero-order valence-corrected chi connectivity index (χ0v) is 22.8. The molecular weight excluding hydrogens is 490 g/mol. The number of hydrogen-bond donors (Lipinski definition) is 3. The Morgan fingerprint density at radius 1 is 1.17 bits per heavy atom. The molecule has 1 aliphatic heterocycles. The van der Waals surface area contributed by atoms with Crippen molar-refractivity contribution < 1.29 is 15.0 Å². The summed E-state index contributed by atoms with van der Waals surface area (Å²) in [5.74, 6) is 1.42. The van der Waals surface area contributed by atoms with E-state index in [0.717, 1.165) is 41.3 Å². The molecule has 1 aromatic rings. The summed E-state index contributed by atoms with van der Waals surface area (Å²) in [5.41, 5.74) is 2.97. The average Bonchev–Trinajstić information content (AvgIpc) is 3.42. The summed E-state index contributed by atoms with van der Waals surface area (Å²) in [6.45, 7) is 6.27. The monoisotopic (exact) mass is 531 g/mol. The molecule has 1 saturated heterocycles. The van der Waals surface area contributed by atoms with Crippen LogP contribution in [0.3, 0.4) is 0 Å². The molecule has 0 spiro atoms. The lowest BCUT2D eigenvalue weighted by Gasteiger charge is -2.22. The van der Waals surface area contributed by atoms with E-state index in [-0.39, 0.29) is 19.1 Å². The van der Waals surface area contributed by atoms with Gasteiger partial charge in [-0.2, -0.15) is 0 Å². The second-order valence-corrected chi connectivity index (χ2v) is 11.4. The zero-order valence-electron chi connectivity index (χ0n) is 21.2. The van der Waals surface area contributed by atoms with Crippen LogP contribution in [0.4, 0.5) is 5.69 Å². The fraction of sp³-hybridized carbons (Fsp3) is 0.500. The molecule has 1 heterocycles. The van der Waals surface area contributed by atoms with Crippen molar-refractivity contribution in [2.45, 2.75) is 43.8 Å². The van der Waals surface area contributed by atoms with Crippen molar-refractivity contribution in [1.29, 1.82) is 0 Å². The summed E-state index contributed by atoms with van der Waals surface area (Å²) in [5, 5.41) is 22.2. The van der Waals surface area contributed by atoms with Crippen molar-refractivity contribution >= 4 is 45.5 Å². The summed E-state index contributed by atoms with van der Waals surface area (Å²) in [6, 6.07) is 7.98. The number of amides is 1. The van der Waals surface area contributed by atoms with E-state index in [9.17, 15) is 15.0 Å². The summed E-state index contributed by atoms with van der Waals surface area (Å²) in [6.07, 6.45) is 15.6. The lowest BCUT2D eigenvalue weighted by molar-refractivity contribution is -0.121. The van der Waals surface area contributed by atoms with Crippen molar-refractivity contribution in [3.8, 4) is 0 Å². The van der Waals surface area contributed by atoms with Crippen LogP contribution in [0.2, 0.25) is 0 Å². The van der Waals surface area contributed by atoms with Crippen LogP contribution in [0, 0.1) is 0 Å². The van der Waals surface area contributed by atoms with Crippen LogP contribution in [0.1, 0.15) is 44.1 Å². The predicted molar refractivity (Wildman–Crippen MR) is 158 cm³/mol. The molecule has 0 bridgehead atoms. The SMILES string of the molecule is C=CC(C=Cc1ccc(N(CCO)CCO)cc1)=CC=NCCCNC(=O)CCCCC1CCSS1. The van der Waals surface area contributed by atoms with Gasteiger partial charge in [0.05, 0.1) is 13.2 Å². The summed E-state index contributed by atoms with van der Waals surface area (Å²) in [4.78, 5) is 18.3. The molecule has 198 valence electrons. The number of nitrogens with one attached hydrogen (secondary N) is 1. The van der Waals surface area contributed by atoms with E-state index in [2.05, 4.69) is 16.9 Å². The van der Waals surface area contributed by atoms with Gasteiger partial charge in [0.2, 0.25) is 5.91 Å². The zero-order chi connectivity index (χ0) is 25.8. The maximum absolute atomic E-state index is 11.9. The van der Waals surface area contributed by atoms with Gasteiger partial charge in [0.25, 0.3) is 0 Å². The van der Waals surface area contributed by atoms with Crippen LogP contribution in [0.5, 0.6) is 0 Å². The molecule has 0 aliphatic carbocycles. The number of carbonyl (C=O) groups is 1. The molecule has 1 aromatic carbocycles. The first-order valence-corrected chi connectivity index (χ1v) is 15.2. The fourth-order valence-corrected chi connectivity index (χ4v) is 6.74. The van der Waals surface area contributed by atoms with Gasteiger partial charge >= 0.3 is 0 Å². The van der Waals surface area contributed by atoms with E-state index in [4.69, 9.17) is 0 Å². The van der Waals surface area contributed by atoms with Crippen molar-refractivity contribution in [3.63, 3.8) is 0 Å². The summed E-state index contributed by atoms with van der Waals surface area (Å²) < 4.78 is 0. The van der Waals surface area contributed by atoms with Crippen molar-refractivity contribution in [2.75, 3.05) is 50.0 Å². The molecule has 3 N–H and O–H groups in total. The highest BCUT2D eigenvalue weighted by molar-refractivity contribution is 8.77. The maximum Gasteiger partial charge on any atom is 0.219 e. The summed E-state index contributed by atoms with van der Waals surface area (Å²) >= 11 is 0. The highest BCUT2D eigenvalue weighted by Crippen LogP contribution is 2.39. The quantitative estimate of drug-likeness (QED) is 0.108. The predicted octanol–water partition coefficient (Wildman–Crippen LogP) is 4.89. The molecule has 6 nitrogen and oxygen atoms in total. The average molecular weight is 532 g/mol. The van der Waals surface area contributed by atoms with E-state index < -0.39 is 0 Å². The number of nitrogens with zero attached hydrogens (tertiary/aromatic N) is 2. The van der Waals surface area contributed by atoms with E-state index in [1.54, 1.807) is 12.3 Å². The van der Waals surface area contributed by atoms with Gasteiger partial charge in [-0.05, 0) is 55.0 Å². The molecule has 0 aromatic heterocycles. The van der Waals surface area contributed by atoms with Gasteiger partial charge in [-0.1, -0.05) is 64.9 Å². The van der Waals surface area contributed by atoms with Gasteiger partial charge < -0.3 is 20.4 Å². The van der Waals surface area contributed by atoms with Gasteiger partial charge in [0.15, 0.2) is 0 Å². The highest BCUT2D eigenvalue weighted by atomic mass is 33.1. The maximum atomic E-state index is 11.9. The van der Waals surface area contributed by atoms with E-state index >= 15 is 0 Å². The Morgan fingerprint density at radius 2 is 1.94 bits per heavy atom. The molecule has 0 saturated carbocycles. The Bertz CT molecular complexity index is 844. The molecule has 1 unspecified atom stereocenters. The molecule has 1 amide bonds. The Kier molecular flexibility index (Phi) is 16.1. The standard InChI is InChI=1S/C28H41N3O3S2/c1-2-24(8-9-25-10-12-26(13-11-25)31(19-21-32)20-22-33)14-18-29-16-5-17-30-28(34)7-4-3-6-27-15-23-35-36-27/h2,8-14,18,27,32-33H,1,3-7,15-17,19-23H2,(H,30,34). The van der Waals surface area contributed by atoms with E-state index in [1.165, 1.54) is 18.6 Å². The first-order valence-electron chi connectivity index (χ1n) is 12.8. The molecule has 1 atom stereocenters. The number of unbranched alkanes of at least 4 members (excludes halogenated alkanes) is 1. The molecule has 0 radical (unpaired) electrons. The van der Waals surface area contributed by atoms with Crippen LogP contribution in [-0.2, 0) is 4.79 Å². The number of hydrogen-bond acceptors (Lipinski definition) is 7. The third-order valence-corrected chi connectivity index (χ3v) is 8.77. The number of rotatable bonds is 18. The lowest BCUT2D eigenvalue weighted by atomic mass is 10.1. The number of allylic oxidation sites excluding steroid dienone is 4. The number of anilines is 1. The van der Waals surface area contributed by atoms with Crippen molar-refractivity contribution in [1.82, 2.24) is 5.32 Å². The number of benzene rings is 1. The van der Waals surface area contributed by atoms with Crippen LogP contribution in [0.15, 0.2) is 59.6 Å². The van der Waals surface area contributed by atoms with Crippen molar-refractivity contribution in [3.05, 3.63) is 60.2 Å². The minimum Gasteiger partial charge on any atom is -0.395 e. The Labute approximate surface area is 224 Å². The van der Waals surface area contributed by atoms with Crippen LogP contribution >= 0.6 is 21.6 Å². The normalized spacial score (nSPS) is 16.2. The van der Waals surface area contributed by atoms with Crippen LogP contribution < -0.4 is 10.2 Å². The van der Waals surface area contributed by atoms with Crippen LogP contribution in [-0.4, -0.2) is 72.7 Å². The molecule has 1 fully saturated rings. The number of aliphatic imine (C=N–C) groups is 1. The van der Waals surface area contributed by atoms with Gasteiger partial charge in [-0.15, -0.1) is 0 Å². The third-order valence-electron chi connectivity index (χ3n) is 5.77. The minimum atomic E-state index is 0.0462. The fourth-order valence-electron chi connectivity index (χ4n) is 3.71. The second kappa shape index (κ2) is 19.2. The highest BCUT2D eigenvalue weighted by Gasteiger charge is 2.15. The first kappa shape index (κ1) is 30.2. The molecule has 1 aliphatic rings. The van der Waals surface area contributed by atoms with Gasteiger partial charge in [0, 0.05) is 55.5 Å². The second-order valence-electron chi connectivity index (χ2n) is 8.56. The van der Waals surface area contributed by atoms with Crippen LogP contribution in [0.25, 0.3) is 6.08 Å². The topological polar surface area (TPSA) is 85.2 Å². The van der Waals surface area contributed by atoms with E-state index in [0.29, 0.717) is 32.6 Å². The first-order chi connectivity index (χ1) is 17.7. The number of aliphatic hydroxyl groups is 2. The van der Waals surface area contributed by atoms with E-state index in [1.807, 2.05) is 69.0 Å². The molecule has 2 rings (SSSR count). The molecule has 8 heteroatoms. The summed E-state index contributed by atoms with van der Waals surface area (Å²) in [7, 11) is 3.98. The Balaban J connectivity index is 1.63. The number of aliphatic hydroxyl groups excluding tert-OH is 2. The van der Waals surface area contributed by atoms with Gasteiger partial charge in [-0.25, -0.2) is 0 Å². The molecular formula is C28H41N3O3S2. The van der Waals surface area contributed by atoms with Gasteiger partial charge in [0.1, 0.15) is 0 Å². The van der Waals surface area contributed by atoms with Crippen molar-refractivity contribution in [2.24, 2.45) is 4.99 Å². The smallest absolute Gasteiger partial charge is 0.219 e.